The number of aryl methyl sites for hydroxylation is 1. The molecule has 7 aliphatic rings. The molecular weight excluding hydrogens is 743 g/mol. The molecule has 3 unspecified atom stereocenters. The topological polar surface area (TPSA) is 180 Å². The van der Waals surface area contributed by atoms with Gasteiger partial charge >= 0.3 is 11.9 Å². The molecule has 0 amide bonds. The summed E-state index contributed by atoms with van der Waals surface area (Å²) in [6.07, 6.45) is 0.805. The van der Waals surface area contributed by atoms with Crippen molar-refractivity contribution in [3.8, 4) is 40.2 Å². The molecule has 0 spiro atoms. The van der Waals surface area contributed by atoms with Crippen LogP contribution in [0.4, 0.5) is 0 Å². The van der Waals surface area contributed by atoms with Crippen molar-refractivity contribution in [2.45, 2.75) is 99.6 Å². The van der Waals surface area contributed by atoms with Crippen molar-refractivity contribution in [2.24, 2.45) is 0 Å². The van der Waals surface area contributed by atoms with E-state index >= 15 is 0 Å². The molecule has 1 aliphatic carbocycles. The van der Waals surface area contributed by atoms with Gasteiger partial charge in [-0.2, -0.15) is 11.8 Å². The smallest absolute Gasteiger partial charge is 0.329 e. The van der Waals surface area contributed by atoms with Crippen LogP contribution in [-0.2, 0) is 27.1 Å². The Labute approximate surface area is 327 Å². The molecule has 2 bridgehead atoms. The first kappa shape index (κ1) is 36.0. The Morgan fingerprint density at radius 1 is 1.04 bits per heavy atom. The van der Waals surface area contributed by atoms with Crippen molar-refractivity contribution in [2.75, 3.05) is 33.3 Å². The number of carboxylic acid groups (broad SMARTS) is 1. The lowest BCUT2D eigenvalue weighted by Gasteiger charge is -2.66. The zero-order chi connectivity index (χ0) is 39.3. The van der Waals surface area contributed by atoms with Gasteiger partial charge in [0.05, 0.1) is 26.3 Å². The molecule has 15 heteroatoms. The predicted octanol–water partition coefficient (Wildman–Crippen LogP) is 4.20. The molecule has 0 radical (unpaired) electrons. The molecule has 10 rings (SSSR count). The fourth-order valence-electron chi connectivity index (χ4n) is 11.7. The highest BCUT2D eigenvalue weighted by Crippen LogP contribution is 2.71. The summed E-state index contributed by atoms with van der Waals surface area (Å²) < 4.78 is 29.5. The van der Waals surface area contributed by atoms with E-state index in [1.165, 1.54) is 25.8 Å². The fraction of sp³-hybridized carbons (Fsp3) is 0.512. The van der Waals surface area contributed by atoms with E-state index in [1.54, 1.807) is 19.2 Å². The van der Waals surface area contributed by atoms with Gasteiger partial charge in [0.2, 0.25) is 6.79 Å². The molecule has 296 valence electrons. The monoisotopic (exact) mass is 787 g/mol. The van der Waals surface area contributed by atoms with Gasteiger partial charge in [-0.25, -0.2) is 4.79 Å². The number of esters is 1. The van der Waals surface area contributed by atoms with Gasteiger partial charge in [0.15, 0.2) is 40.0 Å². The number of ether oxygens (including phenoxy) is 5. The normalized spacial score (nSPS) is 32.7. The number of thioether (sulfide) groups is 1. The van der Waals surface area contributed by atoms with Crippen molar-refractivity contribution in [3.05, 3.63) is 62.7 Å². The van der Waals surface area contributed by atoms with Gasteiger partial charge in [-0.1, -0.05) is 0 Å². The Morgan fingerprint density at radius 2 is 1.80 bits per heavy atom. The Bertz CT molecular complexity index is 2270. The summed E-state index contributed by atoms with van der Waals surface area (Å²) in [5.41, 5.74) is 4.01. The lowest BCUT2D eigenvalue weighted by molar-refractivity contribution is -0.248. The second kappa shape index (κ2) is 12.1. The molecule has 56 heavy (non-hydrogen) atoms. The van der Waals surface area contributed by atoms with E-state index in [9.17, 15) is 30.0 Å². The fourth-order valence-corrected chi connectivity index (χ4v) is 13.5. The highest BCUT2D eigenvalue weighted by atomic mass is 32.2. The molecule has 3 aromatic carbocycles. The van der Waals surface area contributed by atoms with Crippen LogP contribution in [0.2, 0.25) is 0 Å². The number of methoxy groups -OCH3 is 2. The summed E-state index contributed by atoms with van der Waals surface area (Å²) in [7, 11) is 2.98. The molecule has 14 nitrogen and oxygen atoms in total. The maximum atomic E-state index is 13.6. The Hall–Kier alpha value is -4.41. The van der Waals surface area contributed by atoms with Gasteiger partial charge < -0.3 is 44.1 Å². The van der Waals surface area contributed by atoms with Gasteiger partial charge in [-0.05, 0) is 80.5 Å². The minimum atomic E-state index is -1.57. The first-order valence-electron chi connectivity index (χ1n) is 19.1. The Balaban J connectivity index is 1.19. The number of rotatable bonds is 7. The number of aliphatic hydroxyl groups excluding tert-OH is 1. The van der Waals surface area contributed by atoms with E-state index in [-0.39, 0.29) is 47.8 Å². The summed E-state index contributed by atoms with van der Waals surface area (Å²) in [4.78, 5) is 30.9. The number of nitrogens with one attached hydrogen (secondary N) is 1. The third kappa shape index (κ3) is 4.37. The van der Waals surface area contributed by atoms with E-state index in [4.69, 9.17) is 23.7 Å². The SMILES string of the molecule is COc1cc2c(cc1O)CCN[C@@]2(CS[C@@H]1C2C[C@@H](c3c4c(c(C)c(OC(C)=O)c32)OCO4)N2C1[C@H]1c3c(cc(C)c(OC)c3O)C3(C)C[C@@H]([C@@H]2O)N13)C(=O)O. The van der Waals surface area contributed by atoms with Crippen LogP contribution >= 0.6 is 11.8 Å². The maximum absolute atomic E-state index is 13.6. The number of benzene rings is 3. The molecule has 2 fully saturated rings. The molecule has 6 heterocycles. The van der Waals surface area contributed by atoms with Gasteiger partial charge in [-0.3, -0.25) is 19.9 Å². The van der Waals surface area contributed by atoms with Crippen LogP contribution in [0, 0.1) is 13.8 Å². The molecule has 3 aromatic rings. The first-order chi connectivity index (χ1) is 26.8. The molecule has 2 saturated heterocycles. The summed E-state index contributed by atoms with van der Waals surface area (Å²) in [5.74, 6) is 0.295. The van der Waals surface area contributed by atoms with Crippen LogP contribution in [0.1, 0.15) is 89.2 Å². The number of piperidine rings is 1. The van der Waals surface area contributed by atoms with Crippen LogP contribution in [0.15, 0.2) is 18.2 Å². The standard InChI is InChI=1S/C41H45N3O11S/c1-16-9-22-28(32(47)33(16)52-6)30-31-37(56-14-41(39(49)50)21-12-26(51-5)25(46)10-19(21)7-8-42-41)20-11-23(43(31)38(48)24-13-40(22,4)44(24)30)29-27(20)34(55-18(3)45)17(2)35-36(29)54-15-53-35/h9-10,12,20,23-24,30-31,37-38,42,46-48H,7-8,11,13-15H2,1-6H3,(H,49,50)/t20?,23-,24-,30+,31?,37+,38-,40?,41+/m0/s1. The summed E-state index contributed by atoms with van der Waals surface area (Å²) in [6, 6.07) is 3.81. The number of hydrogen-bond donors (Lipinski definition) is 5. The van der Waals surface area contributed by atoms with E-state index in [0.29, 0.717) is 65.5 Å². The summed E-state index contributed by atoms with van der Waals surface area (Å²) >= 11 is 1.50. The molecular formula is C41H45N3O11S. The van der Waals surface area contributed by atoms with Crippen LogP contribution in [-0.4, -0.2) is 99.0 Å². The molecule has 6 aliphatic heterocycles. The number of aliphatic hydroxyl groups is 1. The minimum absolute atomic E-state index is 0.00329. The van der Waals surface area contributed by atoms with E-state index < -0.39 is 46.6 Å². The molecule has 0 aromatic heterocycles. The molecule has 5 N–H and O–H groups in total. The van der Waals surface area contributed by atoms with Gasteiger partial charge in [0.1, 0.15) is 12.0 Å². The maximum Gasteiger partial charge on any atom is 0.329 e. The van der Waals surface area contributed by atoms with Crippen LogP contribution in [0.3, 0.4) is 0 Å². The minimum Gasteiger partial charge on any atom is -0.504 e. The third-order valence-corrected chi connectivity index (χ3v) is 15.4. The first-order valence-corrected chi connectivity index (χ1v) is 20.1. The second-order valence-corrected chi connectivity index (χ2v) is 17.6. The lowest BCUT2D eigenvalue weighted by Crippen LogP contribution is -2.76. The number of phenolic OH excluding ortho intramolecular Hbond substituents is 2. The Morgan fingerprint density at radius 3 is 2.52 bits per heavy atom. The van der Waals surface area contributed by atoms with Crippen molar-refractivity contribution in [1.29, 1.82) is 0 Å². The number of phenols is 2. The van der Waals surface area contributed by atoms with E-state index in [0.717, 1.165) is 27.8 Å². The summed E-state index contributed by atoms with van der Waals surface area (Å²) in [6.45, 7) is 7.66. The number of fused-ring (bicyclic) bond motifs is 8. The second-order valence-electron chi connectivity index (χ2n) is 16.4. The van der Waals surface area contributed by atoms with Gasteiger partial charge in [-0.15, -0.1) is 0 Å². The van der Waals surface area contributed by atoms with Crippen LogP contribution in [0.5, 0.6) is 40.2 Å². The zero-order valence-corrected chi connectivity index (χ0v) is 32.8. The van der Waals surface area contributed by atoms with E-state index in [1.807, 2.05) is 13.8 Å². The molecule has 0 saturated carbocycles. The predicted molar refractivity (Wildman–Crippen MR) is 202 cm³/mol. The number of aliphatic carboxylic acids is 1. The number of carbonyl (C=O) groups is 2. The van der Waals surface area contributed by atoms with Crippen LogP contribution < -0.4 is 29.0 Å². The van der Waals surface area contributed by atoms with E-state index in [2.05, 4.69) is 28.1 Å². The third-order valence-electron chi connectivity index (χ3n) is 13.8. The van der Waals surface area contributed by atoms with Gasteiger partial charge in [0, 0.05) is 70.3 Å². The van der Waals surface area contributed by atoms with Crippen molar-refractivity contribution < 1.29 is 53.7 Å². The largest absolute Gasteiger partial charge is 0.504 e. The number of piperazine rings is 1. The van der Waals surface area contributed by atoms with Crippen molar-refractivity contribution in [1.82, 2.24) is 15.1 Å². The van der Waals surface area contributed by atoms with Gasteiger partial charge in [0.25, 0.3) is 0 Å². The number of carboxylic acids is 1. The van der Waals surface area contributed by atoms with Crippen molar-refractivity contribution >= 4 is 23.7 Å². The Kier molecular flexibility index (Phi) is 7.74. The highest BCUT2D eigenvalue weighted by molar-refractivity contribution is 8.00. The number of hydrogen-bond acceptors (Lipinski definition) is 14. The average Bonchev–Trinajstić information content (AvgIpc) is 3.82. The van der Waals surface area contributed by atoms with Crippen molar-refractivity contribution in [3.63, 3.8) is 0 Å². The van der Waals surface area contributed by atoms with Crippen LogP contribution in [0.25, 0.3) is 0 Å². The highest BCUT2D eigenvalue weighted by Gasteiger charge is 2.71. The average molecular weight is 788 g/mol. The molecule has 9 atom stereocenters. The number of carbonyl (C=O) groups excluding carboxylic acids is 1. The summed E-state index contributed by atoms with van der Waals surface area (Å²) in [5, 5.41) is 49.5. The number of nitrogens with zero attached hydrogens (tertiary/aromatic N) is 2. The quantitative estimate of drug-likeness (QED) is 0.170. The number of aromatic hydroxyl groups is 2. The lowest BCUT2D eigenvalue weighted by atomic mass is 9.73. The zero-order valence-electron chi connectivity index (χ0n) is 32.0.